The number of fused-ring (bicyclic) bond motifs is 1. The summed E-state index contributed by atoms with van der Waals surface area (Å²) in [4.78, 5) is 24.8. The van der Waals surface area contributed by atoms with Gasteiger partial charge in [0.25, 0.3) is 5.91 Å². The molecule has 0 aromatic heterocycles. The van der Waals surface area contributed by atoms with Gasteiger partial charge in [0.1, 0.15) is 0 Å². The highest BCUT2D eigenvalue weighted by molar-refractivity contribution is 6.03. The van der Waals surface area contributed by atoms with Gasteiger partial charge in [0, 0.05) is 6.42 Å². The van der Waals surface area contributed by atoms with E-state index < -0.39 is 29.6 Å². The minimum Gasteiger partial charge on any atom is -0.445 e. The molecule has 1 aliphatic rings. The summed E-state index contributed by atoms with van der Waals surface area (Å²) in [6, 6.07) is 11.8. The molecule has 0 fully saturated rings. The number of esters is 1. The fourth-order valence-corrected chi connectivity index (χ4v) is 2.70. The number of anilines is 1. The Bertz CT molecular complexity index is 866. The molecule has 0 spiro atoms. The Kier molecular flexibility index (Phi) is 4.35. The molecule has 136 valence electrons. The van der Waals surface area contributed by atoms with Crippen molar-refractivity contribution < 1.29 is 32.2 Å². The van der Waals surface area contributed by atoms with Crippen LogP contribution in [-0.2, 0) is 16.0 Å². The molecule has 5 nitrogen and oxygen atoms in total. The van der Waals surface area contributed by atoms with E-state index >= 15 is 0 Å². The van der Waals surface area contributed by atoms with Crippen molar-refractivity contribution in [2.75, 3.05) is 5.32 Å². The Morgan fingerprint density at radius 1 is 1.15 bits per heavy atom. The van der Waals surface area contributed by atoms with Gasteiger partial charge in [-0.25, -0.2) is 4.79 Å². The lowest BCUT2D eigenvalue weighted by Gasteiger charge is -2.33. The average molecular weight is 365 g/mol. The largest absolute Gasteiger partial charge is 0.573 e. The molecule has 0 saturated carbocycles. The van der Waals surface area contributed by atoms with Crippen molar-refractivity contribution in [2.24, 2.45) is 0 Å². The van der Waals surface area contributed by atoms with Crippen LogP contribution in [0.4, 0.5) is 18.9 Å². The van der Waals surface area contributed by atoms with Crippen molar-refractivity contribution in [3.05, 3.63) is 59.7 Å². The van der Waals surface area contributed by atoms with Crippen molar-refractivity contribution >= 4 is 17.6 Å². The summed E-state index contributed by atoms with van der Waals surface area (Å²) in [6.07, 6.45) is -4.80. The fraction of sp³-hybridized carbons (Fsp3) is 0.222. The highest BCUT2D eigenvalue weighted by atomic mass is 19.4. The van der Waals surface area contributed by atoms with Crippen LogP contribution in [0.5, 0.6) is 5.75 Å². The number of amides is 1. The summed E-state index contributed by atoms with van der Waals surface area (Å²) in [6.45, 7) is 1.41. The molecule has 0 radical (unpaired) electrons. The first-order chi connectivity index (χ1) is 12.2. The van der Waals surface area contributed by atoms with E-state index in [0.29, 0.717) is 11.1 Å². The molecule has 1 unspecified atom stereocenters. The molecule has 1 heterocycles. The van der Waals surface area contributed by atoms with Gasteiger partial charge in [-0.2, -0.15) is 0 Å². The first-order valence-corrected chi connectivity index (χ1v) is 7.65. The first-order valence-electron chi connectivity index (χ1n) is 7.65. The van der Waals surface area contributed by atoms with Gasteiger partial charge in [0.15, 0.2) is 11.4 Å². The second-order valence-corrected chi connectivity index (χ2v) is 5.95. The maximum atomic E-state index is 12.6. The Morgan fingerprint density at radius 3 is 2.54 bits per heavy atom. The molecular weight excluding hydrogens is 351 g/mol. The number of ether oxygens (including phenoxy) is 2. The molecule has 2 aromatic carbocycles. The van der Waals surface area contributed by atoms with E-state index in [1.54, 1.807) is 24.3 Å². The quantitative estimate of drug-likeness (QED) is 0.843. The van der Waals surface area contributed by atoms with Gasteiger partial charge in [0.2, 0.25) is 0 Å². The number of hydrogen-bond acceptors (Lipinski definition) is 4. The van der Waals surface area contributed by atoms with E-state index in [4.69, 9.17) is 4.74 Å². The van der Waals surface area contributed by atoms with Crippen LogP contribution in [0.1, 0.15) is 22.8 Å². The van der Waals surface area contributed by atoms with Gasteiger partial charge in [-0.15, -0.1) is 13.2 Å². The average Bonchev–Trinajstić information content (AvgIpc) is 2.55. The van der Waals surface area contributed by atoms with Crippen LogP contribution >= 0.6 is 0 Å². The summed E-state index contributed by atoms with van der Waals surface area (Å²) < 4.78 is 46.7. The van der Waals surface area contributed by atoms with E-state index in [1.807, 2.05) is 0 Å². The number of carbonyl (C=O) groups is 2. The number of hydrogen-bond donors (Lipinski definition) is 1. The molecule has 0 saturated heterocycles. The number of benzene rings is 2. The van der Waals surface area contributed by atoms with Crippen molar-refractivity contribution in [1.29, 1.82) is 0 Å². The topological polar surface area (TPSA) is 64.6 Å². The third-order valence-electron chi connectivity index (χ3n) is 3.92. The van der Waals surface area contributed by atoms with Crippen LogP contribution in [0.15, 0.2) is 48.5 Å². The Labute approximate surface area is 146 Å². The molecule has 0 aliphatic carbocycles. The van der Waals surface area contributed by atoms with Gasteiger partial charge in [-0.3, -0.25) is 4.79 Å². The number of nitrogens with one attached hydrogen (secondary N) is 1. The Balaban J connectivity index is 1.84. The molecule has 8 heteroatoms. The number of halogens is 3. The predicted octanol–water partition coefficient (Wildman–Crippen LogP) is 3.70. The highest BCUT2D eigenvalue weighted by Crippen LogP contribution is 2.33. The first kappa shape index (κ1) is 17.8. The minimum absolute atomic E-state index is 0.100. The zero-order valence-electron chi connectivity index (χ0n) is 13.6. The maximum absolute atomic E-state index is 12.6. The molecule has 1 N–H and O–H groups in total. The zero-order chi connectivity index (χ0) is 18.9. The van der Waals surface area contributed by atoms with Gasteiger partial charge >= 0.3 is 12.3 Å². The van der Waals surface area contributed by atoms with Gasteiger partial charge in [-0.1, -0.05) is 30.3 Å². The standard InChI is InChI=1S/C18H14F3NO4/c1-17(10-11-6-2-3-7-12(11)15(23)26-17)16(24)22-13-8-4-5-9-14(13)25-18(19,20)21/h2-9H,10H2,1H3,(H,22,24). The lowest BCUT2D eigenvalue weighted by Crippen LogP contribution is -2.49. The molecule has 0 bridgehead atoms. The highest BCUT2D eigenvalue weighted by Gasteiger charge is 2.43. The van der Waals surface area contributed by atoms with Crippen LogP contribution in [0.25, 0.3) is 0 Å². The van der Waals surface area contributed by atoms with Crippen molar-refractivity contribution in [1.82, 2.24) is 0 Å². The molecule has 1 amide bonds. The Morgan fingerprint density at radius 2 is 1.81 bits per heavy atom. The van der Waals surface area contributed by atoms with Crippen LogP contribution in [0, 0.1) is 0 Å². The number of cyclic esters (lactones) is 1. The van der Waals surface area contributed by atoms with E-state index in [1.165, 1.54) is 25.1 Å². The molecular formula is C18H14F3NO4. The van der Waals surface area contributed by atoms with Gasteiger partial charge < -0.3 is 14.8 Å². The van der Waals surface area contributed by atoms with E-state index in [2.05, 4.69) is 10.1 Å². The molecule has 2 aromatic rings. The number of rotatable bonds is 3. The summed E-state index contributed by atoms with van der Waals surface area (Å²) in [7, 11) is 0. The minimum atomic E-state index is -4.90. The summed E-state index contributed by atoms with van der Waals surface area (Å²) >= 11 is 0. The van der Waals surface area contributed by atoms with Crippen LogP contribution in [-0.4, -0.2) is 23.8 Å². The third-order valence-corrected chi connectivity index (χ3v) is 3.92. The molecule has 3 rings (SSSR count). The van der Waals surface area contributed by atoms with Crippen LogP contribution in [0.3, 0.4) is 0 Å². The van der Waals surface area contributed by atoms with Crippen molar-refractivity contribution in [3.63, 3.8) is 0 Å². The number of carbonyl (C=O) groups excluding carboxylic acids is 2. The smallest absolute Gasteiger partial charge is 0.445 e. The summed E-state index contributed by atoms with van der Waals surface area (Å²) in [5, 5.41) is 2.35. The van der Waals surface area contributed by atoms with Crippen LogP contribution in [0.2, 0.25) is 0 Å². The SMILES string of the molecule is CC1(C(=O)Nc2ccccc2OC(F)(F)F)Cc2ccccc2C(=O)O1. The van der Waals surface area contributed by atoms with Gasteiger partial charge in [-0.05, 0) is 30.7 Å². The van der Waals surface area contributed by atoms with E-state index in [9.17, 15) is 22.8 Å². The predicted molar refractivity (Wildman–Crippen MR) is 85.7 cm³/mol. The summed E-state index contributed by atoms with van der Waals surface area (Å²) in [5.41, 5.74) is -0.748. The zero-order valence-corrected chi connectivity index (χ0v) is 13.6. The lowest BCUT2D eigenvalue weighted by molar-refractivity contribution is -0.274. The normalized spacial score (nSPS) is 19.3. The second-order valence-electron chi connectivity index (χ2n) is 5.95. The van der Waals surface area contributed by atoms with Crippen LogP contribution < -0.4 is 10.1 Å². The van der Waals surface area contributed by atoms with Crippen molar-refractivity contribution in [3.8, 4) is 5.75 Å². The van der Waals surface area contributed by atoms with Gasteiger partial charge in [0.05, 0.1) is 11.3 Å². The van der Waals surface area contributed by atoms with Crippen molar-refractivity contribution in [2.45, 2.75) is 25.3 Å². The number of alkyl halides is 3. The molecule has 1 aliphatic heterocycles. The molecule has 26 heavy (non-hydrogen) atoms. The van der Waals surface area contributed by atoms with E-state index in [0.717, 1.165) is 6.07 Å². The third kappa shape index (κ3) is 3.63. The lowest BCUT2D eigenvalue weighted by atomic mass is 9.89. The Hall–Kier alpha value is -3.03. The van der Waals surface area contributed by atoms with E-state index in [-0.39, 0.29) is 12.1 Å². The monoisotopic (exact) mass is 365 g/mol. The number of para-hydroxylation sites is 2. The fourth-order valence-electron chi connectivity index (χ4n) is 2.70. The second kappa shape index (κ2) is 6.36. The maximum Gasteiger partial charge on any atom is 0.573 e. The summed E-state index contributed by atoms with van der Waals surface area (Å²) in [5.74, 6) is -1.97. The molecule has 1 atom stereocenters.